The second-order valence-corrected chi connectivity index (χ2v) is 5.38. The van der Waals surface area contributed by atoms with Crippen LogP contribution in [0, 0.1) is 0 Å². The maximum absolute atomic E-state index is 12.4. The fourth-order valence-corrected chi connectivity index (χ4v) is 2.88. The molecule has 108 valence electrons. The van der Waals surface area contributed by atoms with Gasteiger partial charge in [0.2, 0.25) is 0 Å². The van der Waals surface area contributed by atoms with Crippen LogP contribution in [0.2, 0.25) is 0 Å². The average molecular weight is 275 g/mol. The number of nitrogens with zero attached hydrogens (tertiary/aromatic N) is 1. The average Bonchev–Trinajstić information content (AvgIpc) is 3.00. The highest BCUT2D eigenvalue weighted by Crippen LogP contribution is 2.38. The number of carbonyl (C=O) groups excluding carboxylic acids is 1. The van der Waals surface area contributed by atoms with Gasteiger partial charge in [0, 0.05) is 31.1 Å². The van der Waals surface area contributed by atoms with E-state index in [2.05, 4.69) is 4.90 Å². The summed E-state index contributed by atoms with van der Waals surface area (Å²) in [7, 11) is 0. The molecule has 1 aromatic carbocycles. The van der Waals surface area contributed by atoms with E-state index in [9.17, 15) is 4.79 Å². The van der Waals surface area contributed by atoms with Crippen molar-refractivity contribution >= 4 is 11.5 Å². The lowest BCUT2D eigenvalue weighted by molar-refractivity contribution is 0.0981. The van der Waals surface area contributed by atoms with Gasteiger partial charge in [-0.05, 0) is 25.3 Å². The Hall–Kier alpha value is -1.71. The summed E-state index contributed by atoms with van der Waals surface area (Å²) in [5.41, 5.74) is 1.81. The van der Waals surface area contributed by atoms with Gasteiger partial charge in [-0.15, -0.1) is 0 Å². The minimum atomic E-state index is 0.200. The molecule has 20 heavy (non-hydrogen) atoms. The molecule has 0 saturated carbocycles. The van der Waals surface area contributed by atoms with E-state index < -0.39 is 0 Å². The Bertz CT molecular complexity index is 507. The topological polar surface area (TPSA) is 38.8 Å². The minimum absolute atomic E-state index is 0.200. The number of ether oxygens (including phenoxy) is 2. The molecule has 2 aliphatic heterocycles. The zero-order valence-electron chi connectivity index (χ0n) is 12.0. The van der Waals surface area contributed by atoms with E-state index in [1.54, 1.807) is 0 Å². The maximum Gasteiger partial charge on any atom is 0.165 e. The number of benzene rings is 1. The Morgan fingerprint density at radius 1 is 1.15 bits per heavy atom. The molecule has 0 aliphatic carbocycles. The van der Waals surface area contributed by atoms with E-state index >= 15 is 0 Å². The number of hydrogen-bond acceptors (Lipinski definition) is 4. The third kappa shape index (κ3) is 2.47. The molecule has 0 spiro atoms. The molecule has 0 bridgehead atoms. The van der Waals surface area contributed by atoms with Crippen LogP contribution >= 0.6 is 0 Å². The van der Waals surface area contributed by atoms with Gasteiger partial charge in [-0.1, -0.05) is 6.92 Å². The van der Waals surface area contributed by atoms with Crippen molar-refractivity contribution in [3.63, 3.8) is 0 Å². The lowest BCUT2D eigenvalue weighted by Gasteiger charge is -2.25. The van der Waals surface area contributed by atoms with Crippen LogP contribution in [-0.4, -0.2) is 32.1 Å². The highest BCUT2D eigenvalue weighted by Gasteiger charge is 2.24. The van der Waals surface area contributed by atoms with E-state index in [0.29, 0.717) is 25.4 Å². The molecule has 0 unspecified atom stereocenters. The Labute approximate surface area is 119 Å². The molecule has 1 saturated heterocycles. The van der Waals surface area contributed by atoms with E-state index in [1.165, 1.54) is 12.8 Å². The highest BCUT2D eigenvalue weighted by atomic mass is 16.6. The summed E-state index contributed by atoms with van der Waals surface area (Å²) in [5, 5.41) is 0. The third-order valence-corrected chi connectivity index (χ3v) is 3.88. The van der Waals surface area contributed by atoms with E-state index in [-0.39, 0.29) is 5.78 Å². The first-order valence-corrected chi connectivity index (χ1v) is 7.51. The van der Waals surface area contributed by atoms with Crippen molar-refractivity contribution in [3.8, 4) is 11.5 Å². The molecule has 4 nitrogen and oxygen atoms in total. The SMILES string of the molecule is CCCC(=O)c1cc2c(cc1N1CCCC1)OCCO2. The summed E-state index contributed by atoms with van der Waals surface area (Å²) >= 11 is 0. The molecule has 2 aliphatic rings. The number of hydrogen-bond donors (Lipinski definition) is 0. The van der Waals surface area contributed by atoms with Crippen LogP contribution in [0.15, 0.2) is 12.1 Å². The van der Waals surface area contributed by atoms with Crippen LogP contribution in [0.3, 0.4) is 0 Å². The van der Waals surface area contributed by atoms with E-state index in [1.807, 2.05) is 19.1 Å². The molecular weight excluding hydrogens is 254 g/mol. The largest absolute Gasteiger partial charge is 0.486 e. The van der Waals surface area contributed by atoms with Crippen LogP contribution in [0.1, 0.15) is 43.0 Å². The normalized spacial score (nSPS) is 17.4. The number of anilines is 1. The van der Waals surface area contributed by atoms with Crippen LogP contribution in [0.4, 0.5) is 5.69 Å². The summed E-state index contributed by atoms with van der Waals surface area (Å²) in [6, 6.07) is 3.86. The Balaban J connectivity index is 2.01. The summed E-state index contributed by atoms with van der Waals surface area (Å²) in [4.78, 5) is 14.7. The predicted octanol–water partition coefficient (Wildman–Crippen LogP) is 3.04. The fourth-order valence-electron chi connectivity index (χ4n) is 2.88. The second kappa shape index (κ2) is 5.73. The summed E-state index contributed by atoms with van der Waals surface area (Å²) in [5.74, 6) is 1.68. The quantitative estimate of drug-likeness (QED) is 0.792. The first kappa shape index (κ1) is 13.3. The molecule has 1 aromatic rings. The molecule has 3 rings (SSSR count). The van der Waals surface area contributed by atoms with Gasteiger partial charge in [0.15, 0.2) is 17.3 Å². The molecule has 0 N–H and O–H groups in total. The van der Waals surface area contributed by atoms with Crippen LogP contribution in [-0.2, 0) is 0 Å². The molecule has 0 atom stereocenters. The van der Waals surface area contributed by atoms with Crippen molar-refractivity contribution < 1.29 is 14.3 Å². The number of Topliss-reactive ketones (excluding diaryl/α,β-unsaturated/α-hetero) is 1. The minimum Gasteiger partial charge on any atom is -0.486 e. The van der Waals surface area contributed by atoms with E-state index in [0.717, 1.165) is 36.5 Å². The van der Waals surface area contributed by atoms with Gasteiger partial charge in [-0.25, -0.2) is 0 Å². The Morgan fingerprint density at radius 2 is 1.80 bits per heavy atom. The molecule has 0 amide bonds. The molecule has 1 fully saturated rings. The maximum atomic E-state index is 12.4. The van der Waals surface area contributed by atoms with Gasteiger partial charge in [0.05, 0.1) is 5.69 Å². The zero-order chi connectivity index (χ0) is 13.9. The van der Waals surface area contributed by atoms with Crippen LogP contribution < -0.4 is 14.4 Å². The summed E-state index contributed by atoms with van der Waals surface area (Å²) in [6.45, 7) is 5.20. The fraction of sp³-hybridized carbons (Fsp3) is 0.562. The zero-order valence-corrected chi connectivity index (χ0v) is 12.0. The number of fused-ring (bicyclic) bond motifs is 1. The summed E-state index contributed by atoms with van der Waals surface area (Å²) < 4.78 is 11.3. The number of ketones is 1. The van der Waals surface area contributed by atoms with Crippen molar-refractivity contribution in [3.05, 3.63) is 17.7 Å². The van der Waals surface area contributed by atoms with Gasteiger partial charge in [0.1, 0.15) is 13.2 Å². The van der Waals surface area contributed by atoms with Gasteiger partial charge in [0.25, 0.3) is 0 Å². The number of rotatable bonds is 4. The van der Waals surface area contributed by atoms with Crippen LogP contribution in [0.5, 0.6) is 11.5 Å². The molecule has 2 heterocycles. The van der Waals surface area contributed by atoms with Crippen molar-refractivity contribution in [1.29, 1.82) is 0 Å². The van der Waals surface area contributed by atoms with Crippen molar-refractivity contribution in [2.45, 2.75) is 32.6 Å². The van der Waals surface area contributed by atoms with Crippen molar-refractivity contribution in [1.82, 2.24) is 0 Å². The standard InChI is InChI=1S/C16H21NO3/c1-2-5-14(18)12-10-15-16(20-9-8-19-15)11-13(12)17-6-3-4-7-17/h10-11H,2-9H2,1H3. The van der Waals surface area contributed by atoms with Gasteiger partial charge < -0.3 is 14.4 Å². The predicted molar refractivity (Wildman–Crippen MR) is 78.1 cm³/mol. The Morgan fingerprint density at radius 3 is 2.45 bits per heavy atom. The summed E-state index contributed by atoms with van der Waals surface area (Å²) in [6.07, 6.45) is 3.83. The molecule has 4 heteroatoms. The molecular formula is C16H21NO3. The first-order valence-electron chi connectivity index (χ1n) is 7.51. The monoisotopic (exact) mass is 275 g/mol. The smallest absolute Gasteiger partial charge is 0.165 e. The van der Waals surface area contributed by atoms with Crippen molar-refractivity contribution in [2.75, 3.05) is 31.2 Å². The lowest BCUT2D eigenvalue weighted by atomic mass is 10.0. The highest BCUT2D eigenvalue weighted by molar-refractivity contribution is 6.02. The lowest BCUT2D eigenvalue weighted by Crippen LogP contribution is -2.22. The third-order valence-electron chi connectivity index (χ3n) is 3.88. The van der Waals surface area contributed by atoms with E-state index in [4.69, 9.17) is 9.47 Å². The number of carbonyl (C=O) groups is 1. The van der Waals surface area contributed by atoms with Gasteiger partial charge in [-0.2, -0.15) is 0 Å². The first-order chi connectivity index (χ1) is 9.79. The van der Waals surface area contributed by atoms with Gasteiger partial charge in [-0.3, -0.25) is 4.79 Å². The van der Waals surface area contributed by atoms with Crippen molar-refractivity contribution in [2.24, 2.45) is 0 Å². The Kier molecular flexibility index (Phi) is 3.81. The van der Waals surface area contributed by atoms with Gasteiger partial charge >= 0.3 is 0 Å². The second-order valence-electron chi connectivity index (χ2n) is 5.38. The molecule has 0 radical (unpaired) electrons. The van der Waals surface area contributed by atoms with Crippen LogP contribution in [0.25, 0.3) is 0 Å². The molecule has 0 aromatic heterocycles.